The minimum absolute atomic E-state index is 0.0695. The first-order valence-electron chi connectivity index (χ1n) is 9.72. The van der Waals surface area contributed by atoms with E-state index in [1.807, 2.05) is 50.2 Å². The van der Waals surface area contributed by atoms with Crippen LogP contribution in [-0.4, -0.2) is 32.0 Å². The van der Waals surface area contributed by atoms with Gasteiger partial charge in [-0.25, -0.2) is 8.42 Å². The van der Waals surface area contributed by atoms with Crippen molar-refractivity contribution in [1.82, 2.24) is 10.6 Å². The van der Waals surface area contributed by atoms with Crippen LogP contribution in [0.4, 0.5) is 0 Å². The summed E-state index contributed by atoms with van der Waals surface area (Å²) in [7, 11) is -3.15. The molecule has 2 aromatic rings. The van der Waals surface area contributed by atoms with Crippen LogP contribution in [0.15, 0.2) is 53.4 Å². The molecule has 0 aliphatic carbocycles. The SMILES string of the molecule is CC(C)[C@H](NC(=O)Cc1ccccc1)C(=O)NCc1ccc2c(c1)CCS2(=O)=O. The van der Waals surface area contributed by atoms with Crippen LogP contribution in [0, 0.1) is 5.92 Å². The molecule has 2 aromatic carbocycles. The summed E-state index contributed by atoms with van der Waals surface area (Å²) >= 11 is 0. The van der Waals surface area contributed by atoms with Gasteiger partial charge in [-0.2, -0.15) is 0 Å². The highest BCUT2D eigenvalue weighted by Gasteiger charge is 2.27. The van der Waals surface area contributed by atoms with Crippen molar-refractivity contribution in [2.24, 2.45) is 5.92 Å². The predicted molar refractivity (Wildman–Crippen MR) is 111 cm³/mol. The summed E-state index contributed by atoms with van der Waals surface area (Å²) in [6, 6.07) is 13.9. The molecule has 0 saturated carbocycles. The predicted octanol–water partition coefficient (Wildman–Crippen LogP) is 2.02. The van der Waals surface area contributed by atoms with Crippen molar-refractivity contribution in [2.75, 3.05) is 5.75 Å². The molecule has 6 nitrogen and oxygen atoms in total. The van der Waals surface area contributed by atoms with Gasteiger partial charge >= 0.3 is 0 Å². The summed E-state index contributed by atoms with van der Waals surface area (Å²) in [6.45, 7) is 4.05. The number of hydrogen-bond acceptors (Lipinski definition) is 4. The molecule has 1 aliphatic heterocycles. The van der Waals surface area contributed by atoms with Gasteiger partial charge in [0.2, 0.25) is 11.8 Å². The van der Waals surface area contributed by atoms with E-state index < -0.39 is 15.9 Å². The van der Waals surface area contributed by atoms with E-state index in [1.165, 1.54) is 0 Å². The fourth-order valence-electron chi connectivity index (χ4n) is 3.44. The van der Waals surface area contributed by atoms with Crippen LogP contribution in [0.3, 0.4) is 0 Å². The topological polar surface area (TPSA) is 92.3 Å². The van der Waals surface area contributed by atoms with Crippen LogP contribution in [0.5, 0.6) is 0 Å². The summed E-state index contributed by atoms with van der Waals surface area (Å²) in [6.07, 6.45) is 0.722. The standard InChI is InChI=1S/C22H26N2O4S/c1-15(2)21(24-20(25)13-16-6-4-3-5-7-16)22(26)23-14-17-8-9-19-18(12-17)10-11-29(19,27)28/h3-9,12,15,21H,10-11,13-14H2,1-2H3,(H,23,26)(H,24,25)/t21-/m0/s1. The zero-order chi connectivity index (χ0) is 21.0. The van der Waals surface area contributed by atoms with Gasteiger partial charge in [0.1, 0.15) is 6.04 Å². The Labute approximate surface area is 171 Å². The normalized spacial score (nSPS) is 15.6. The third-order valence-electron chi connectivity index (χ3n) is 5.04. The van der Waals surface area contributed by atoms with E-state index in [-0.39, 0.29) is 36.5 Å². The summed E-state index contributed by atoms with van der Waals surface area (Å²) < 4.78 is 23.8. The highest BCUT2D eigenvalue weighted by molar-refractivity contribution is 7.91. The number of hydrogen-bond donors (Lipinski definition) is 2. The fourth-order valence-corrected chi connectivity index (χ4v) is 4.98. The number of amides is 2. The van der Waals surface area contributed by atoms with E-state index in [4.69, 9.17) is 0 Å². The van der Waals surface area contributed by atoms with E-state index in [2.05, 4.69) is 10.6 Å². The third kappa shape index (κ3) is 5.23. The summed E-state index contributed by atoms with van der Waals surface area (Å²) in [5.41, 5.74) is 2.53. The zero-order valence-corrected chi connectivity index (χ0v) is 17.5. The molecule has 0 aromatic heterocycles. The van der Waals surface area contributed by atoms with Crippen LogP contribution < -0.4 is 10.6 Å². The minimum Gasteiger partial charge on any atom is -0.350 e. The average molecular weight is 415 g/mol. The molecule has 0 bridgehead atoms. The Morgan fingerprint density at radius 1 is 1.03 bits per heavy atom. The second-order valence-electron chi connectivity index (χ2n) is 7.68. The Balaban J connectivity index is 1.59. The lowest BCUT2D eigenvalue weighted by Crippen LogP contribution is -2.49. The number of carbonyl (C=O) groups is 2. The number of nitrogens with one attached hydrogen (secondary N) is 2. The molecule has 1 heterocycles. The molecule has 1 atom stereocenters. The van der Waals surface area contributed by atoms with Gasteiger partial charge in [0.15, 0.2) is 9.84 Å². The first-order chi connectivity index (χ1) is 13.8. The van der Waals surface area contributed by atoms with Crippen LogP contribution >= 0.6 is 0 Å². The molecule has 7 heteroatoms. The average Bonchev–Trinajstić information content (AvgIpc) is 2.99. The van der Waals surface area contributed by atoms with Gasteiger partial charge < -0.3 is 10.6 Å². The quantitative estimate of drug-likeness (QED) is 0.725. The van der Waals surface area contributed by atoms with Gasteiger partial charge in [0.25, 0.3) is 0 Å². The number of sulfone groups is 1. The van der Waals surface area contributed by atoms with Crippen molar-refractivity contribution in [3.8, 4) is 0 Å². The summed E-state index contributed by atoms with van der Waals surface area (Å²) in [5, 5.41) is 5.68. The molecule has 0 radical (unpaired) electrons. The molecule has 0 spiro atoms. The highest BCUT2D eigenvalue weighted by atomic mass is 32.2. The van der Waals surface area contributed by atoms with Crippen molar-refractivity contribution in [3.63, 3.8) is 0 Å². The summed E-state index contributed by atoms with van der Waals surface area (Å²) in [4.78, 5) is 25.4. The van der Waals surface area contributed by atoms with Gasteiger partial charge in [-0.1, -0.05) is 56.3 Å². The monoisotopic (exact) mass is 414 g/mol. The molecule has 2 N–H and O–H groups in total. The number of rotatable bonds is 7. The molecule has 29 heavy (non-hydrogen) atoms. The van der Waals surface area contributed by atoms with E-state index in [0.717, 1.165) is 16.7 Å². The van der Waals surface area contributed by atoms with E-state index in [9.17, 15) is 18.0 Å². The van der Waals surface area contributed by atoms with Gasteiger partial charge in [-0.05, 0) is 35.1 Å². The second-order valence-corrected chi connectivity index (χ2v) is 9.76. The van der Waals surface area contributed by atoms with Gasteiger partial charge in [-0.15, -0.1) is 0 Å². The maximum absolute atomic E-state index is 12.7. The molecular weight excluding hydrogens is 388 g/mol. The van der Waals surface area contributed by atoms with Crippen LogP contribution in [-0.2, 0) is 38.8 Å². The Morgan fingerprint density at radius 2 is 1.76 bits per heavy atom. The Hall–Kier alpha value is -2.67. The highest BCUT2D eigenvalue weighted by Crippen LogP contribution is 2.26. The van der Waals surface area contributed by atoms with Crippen molar-refractivity contribution >= 4 is 21.7 Å². The molecular formula is C22H26N2O4S. The number of fused-ring (bicyclic) bond motifs is 1. The van der Waals surface area contributed by atoms with Gasteiger partial charge in [0.05, 0.1) is 17.1 Å². The molecule has 0 unspecified atom stereocenters. The van der Waals surface area contributed by atoms with Crippen LogP contribution in [0.2, 0.25) is 0 Å². The maximum Gasteiger partial charge on any atom is 0.243 e. The molecule has 154 valence electrons. The van der Waals surface area contributed by atoms with E-state index in [0.29, 0.717) is 11.3 Å². The Bertz CT molecular complexity index is 1000. The minimum atomic E-state index is -3.15. The lowest BCUT2D eigenvalue weighted by atomic mass is 10.0. The number of aryl methyl sites for hydroxylation is 1. The number of carbonyl (C=O) groups excluding carboxylic acids is 2. The van der Waals surface area contributed by atoms with Gasteiger partial charge in [0, 0.05) is 6.54 Å². The lowest BCUT2D eigenvalue weighted by Gasteiger charge is -2.22. The summed E-state index contributed by atoms with van der Waals surface area (Å²) in [5.74, 6) is -0.386. The largest absolute Gasteiger partial charge is 0.350 e. The van der Waals surface area contributed by atoms with Crippen molar-refractivity contribution in [2.45, 2.75) is 44.2 Å². The third-order valence-corrected chi connectivity index (χ3v) is 6.85. The smallest absolute Gasteiger partial charge is 0.243 e. The van der Waals surface area contributed by atoms with Crippen molar-refractivity contribution in [3.05, 3.63) is 65.2 Å². The van der Waals surface area contributed by atoms with Gasteiger partial charge in [-0.3, -0.25) is 9.59 Å². The van der Waals surface area contributed by atoms with Crippen LogP contribution in [0.25, 0.3) is 0 Å². The first-order valence-corrected chi connectivity index (χ1v) is 11.4. The molecule has 1 aliphatic rings. The van der Waals surface area contributed by atoms with Crippen molar-refractivity contribution in [1.29, 1.82) is 0 Å². The fraction of sp³-hybridized carbons (Fsp3) is 0.364. The molecule has 2 amide bonds. The maximum atomic E-state index is 12.7. The number of benzene rings is 2. The first kappa shape index (κ1) is 21.0. The Kier molecular flexibility index (Phi) is 6.37. The van der Waals surface area contributed by atoms with E-state index in [1.54, 1.807) is 12.1 Å². The lowest BCUT2D eigenvalue weighted by molar-refractivity contribution is -0.129. The molecule has 0 saturated heterocycles. The molecule has 0 fully saturated rings. The Morgan fingerprint density at radius 3 is 2.45 bits per heavy atom. The van der Waals surface area contributed by atoms with Crippen LogP contribution in [0.1, 0.15) is 30.5 Å². The second kappa shape index (κ2) is 8.78. The van der Waals surface area contributed by atoms with E-state index >= 15 is 0 Å². The zero-order valence-electron chi connectivity index (χ0n) is 16.6. The molecule has 3 rings (SSSR count). The van der Waals surface area contributed by atoms with Crippen molar-refractivity contribution < 1.29 is 18.0 Å².